The second-order valence-corrected chi connectivity index (χ2v) is 4.27. The van der Waals surface area contributed by atoms with Gasteiger partial charge in [-0.05, 0) is 17.7 Å². The molecule has 1 aromatic carbocycles. The maximum Gasteiger partial charge on any atom is 0.416 e. The van der Waals surface area contributed by atoms with E-state index in [0.717, 1.165) is 0 Å². The van der Waals surface area contributed by atoms with Crippen molar-refractivity contribution in [3.8, 4) is 5.75 Å². The molecule has 0 spiro atoms. The van der Waals surface area contributed by atoms with Crippen LogP contribution in [-0.4, -0.2) is 16.8 Å². The molecule has 0 aliphatic heterocycles. The van der Waals surface area contributed by atoms with E-state index < -0.39 is 29.5 Å². The molecule has 0 atom stereocenters. The van der Waals surface area contributed by atoms with Crippen molar-refractivity contribution < 1.29 is 23.4 Å². The lowest BCUT2D eigenvalue weighted by molar-refractivity contribution is -0.139. The van der Waals surface area contributed by atoms with E-state index >= 15 is 0 Å². The number of hydrogen-bond donors (Lipinski definition) is 2. The summed E-state index contributed by atoms with van der Waals surface area (Å²) in [4.78, 5) is 0. The summed E-state index contributed by atoms with van der Waals surface area (Å²) in [6.45, 7) is 2.62. The van der Waals surface area contributed by atoms with Gasteiger partial charge in [0.05, 0.1) is 12.2 Å². The number of phenolic OH excluding ortho intramolecular Hbond substituents is 1. The molecule has 16 heavy (non-hydrogen) atoms. The Balaban J connectivity index is 3.40. The molecule has 0 aromatic heterocycles. The third-order valence-corrected chi connectivity index (χ3v) is 2.43. The maximum atomic E-state index is 12.7. The van der Waals surface area contributed by atoms with Crippen molar-refractivity contribution in [2.75, 3.05) is 6.61 Å². The van der Waals surface area contributed by atoms with E-state index in [-0.39, 0.29) is 5.56 Å². The maximum absolute atomic E-state index is 12.7. The molecule has 0 unspecified atom stereocenters. The highest BCUT2D eigenvalue weighted by Gasteiger charge is 2.37. The first-order valence-electron chi connectivity index (χ1n) is 4.70. The molecular weight excluding hydrogens is 221 g/mol. The van der Waals surface area contributed by atoms with Crippen molar-refractivity contribution >= 4 is 0 Å². The molecule has 0 fully saturated rings. The normalized spacial score (nSPS) is 12.9. The highest BCUT2D eigenvalue weighted by Crippen LogP contribution is 2.39. The zero-order valence-corrected chi connectivity index (χ0v) is 8.97. The van der Waals surface area contributed by atoms with Gasteiger partial charge in [0.2, 0.25) is 0 Å². The molecule has 0 heterocycles. The standard InChI is InChI=1S/C11H13F3O2/c1-10(2,6-15)8-4-3-7(16)5-9(8)11(12,13)14/h3-5,15-16H,6H2,1-2H3. The number of aliphatic hydroxyl groups is 1. The highest BCUT2D eigenvalue weighted by atomic mass is 19.4. The zero-order valence-electron chi connectivity index (χ0n) is 8.97. The molecule has 0 aliphatic carbocycles. The lowest BCUT2D eigenvalue weighted by atomic mass is 9.82. The molecule has 0 radical (unpaired) electrons. The van der Waals surface area contributed by atoms with Gasteiger partial charge in [0.1, 0.15) is 5.75 Å². The van der Waals surface area contributed by atoms with Crippen molar-refractivity contribution in [2.45, 2.75) is 25.4 Å². The predicted molar refractivity (Wildman–Crippen MR) is 53.2 cm³/mol. The lowest BCUT2D eigenvalue weighted by Gasteiger charge is -2.26. The van der Waals surface area contributed by atoms with E-state index in [4.69, 9.17) is 10.2 Å². The van der Waals surface area contributed by atoms with Gasteiger partial charge >= 0.3 is 6.18 Å². The summed E-state index contributed by atoms with van der Waals surface area (Å²) < 4.78 is 38.1. The summed E-state index contributed by atoms with van der Waals surface area (Å²) in [5.74, 6) is -0.440. The number of aliphatic hydroxyl groups excluding tert-OH is 1. The van der Waals surface area contributed by atoms with E-state index in [1.54, 1.807) is 0 Å². The van der Waals surface area contributed by atoms with Crippen LogP contribution in [0.1, 0.15) is 25.0 Å². The number of phenols is 1. The molecule has 1 rings (SSSR count). The molecule has 0 saturated carbocycles. The van der Waals surface area contributed by atoms with Gasteiger partial charge in [-0.3, -0.25) is 0 Å². The first-order chi connectivity index (χ1) is 7.18. The van der Waals surface area contributed by atoms with Crippen LogP contribution in [0.3, 0.4) is 0 Å². The van der Waals surface area contributed by atoms with Gasteiger partial charge in [0.25, 0.3) is 0 Å². The van der Waals surface area contributed by atoms with Crippen molar-refractivity contribution in [1.82, 2.24) is 0 Å². The largest absolute Gasteiger partial charge is 0.508 e. The van der Waals surface area contributed by atoms with E-state index in [9.17, 15) is 13.2 Å². The van der Waals surface area contributed by atoms with Crippen LogP contribution in [0.5, 0.6) is 5.75 Å². The van der Waals surface area contributed by atoms with Gasteiger partial charge < -0.3 is 10.2 Å². The Kier molecular flexibility index (Phi) is 3.19. The van der Waals surface area contributed by atoms with Crippen LogP contribution in [0.4, 0.5) is 13.2 Å². The summed E-state index contributed by atoms with van der Waals surface area (Å²) >= 11 is 0. The van der Waals surface area contributed by atoms with E-state index in [2.05, 4.69) is 0 Å². The van der Waals surface area contributed by atoms with Crippen LogP contribution in [0.25, 0.3) is 0 Å². The molecule has 0 amide bonds. The second kappa shape index (κ2) is 3.97. The number of hydrogen-bond acceptors (Lipinski definition) is 2. The van der Waals surface area contributed by atoms with Crippen LogP contribution in [0.2, 0.25) is 0 Å². The Morgan fingerprint density at radius 1 is 1.12 bits per heavy atom. The van der Waals surface area contributed by atoms with Crippen molar-refractivity contribution in [1.29, 1.82) is 0 Å². The monoisotopic (exact) mass is 234 g/mol. The van der Waals surface area contributed by atoms with Gasteiger partial charge in [-0.25, -0.2) is 0 Å². The van der Waals surface area contributed by atoms with Gasteiger partial charge in [-0.15, -0.1) is 0 Å². The number of benzene rings is 1. The first-order valence-corrected chi connectivity index (χ1v) is 4.70. The Morgan fingerprint density at radius 2 is 1.69 bits per heavy atom. The van der Waals surface area contributed by atoms with Crippen LogP contribution in [-0.2, 0) is 11.6 Å². The fraction of sp³-hybridized carbons (Fsp3) is 0.455. The Hall–Kier alpha value is -1.23. The molecule has 0 aliphatic rings. The minimum Gasteiger partial charge on any atom is -0.508 e. The topological polar surface area (TPSA) is 40.5 Å². The van der Waals surface area contributed by atoms with Crippen LogP contribution < -0.4 is 0 Å². The fourth-order valence-electron chi connectivity index (χ4n) is 1.44. The number of alkyl halides is 3. The zero-order chi connectivity index (χ0) is 12.6. The number of rotatable bonds is 2. The predicted octanol–water partition coefficient (Wildman–Crippen LogP) is 2.68. The van der Waals surface area contributed by atoms with Gasteiger partial charge in [-0.1, -0.05) is 19.9 Å². The average Bonchev–Trinajstić information content (AvgIpc) is 2.16. The van der Waals surface area contributed by atoms with E-state index in [1.807, 2.05) is 0 Å². The number of aromatic hydroxyl groups is 1. The summed E-state index contributed by atoms with van der Waals surface area (Å²) in [6, 6.07) is 3.04. The summed E-state index contributed by atoms with van der Waals surface area (Å²) in [6.07, 6.45) is -4.54. The molecule has 1 aromatic rings. The first kappa shape index (κ1) is 12.8. The summed E-state index contributed by atoms with van der Waals surface area (Å²) in [5.41, 5.74) is -1.94. The molecule has 2 nitrogen and oxygen atoms in total. The van der Waals surface area contributed by atoms with E-state index in [1.165, 1.54) is 26.0 Å². The third-order valence-electron chi connectivity index (χ3n) is 2.43. The van der Waals surface area contributed by atoms with Crippen LogP contribution in [0, 0.1) is 0 Å². The molecule has 2 N–H and O–H groups in total. The quantitative estimate of drug-likeness (QED) is 0.825. The fourth-order valence-corrected chi connectivity index (χ4v) is 1.44. The molecule has 0 saturated heterocycles. The third kappa shape index (κ3) is 2.47. The highest BCUT2D eigenvalue weighted by molar-refractivity contribution is 5.40. The van der Waals surface area contributed by atoms with Gasteiger partial charge in [-0.2, -0.15) is 13.2 Å². The van der Waals surface area contributed by atoms with E-state index in [0.29, 0.717) is 6.07 Å². The SMILES string of the molecule is CC(C)(CO)c1ccc(O)cc1C(F)(F)F. The van der Waals surface area contributed by atoms with Crippen molar-refractivity contribution in [2.24, 2.45) is 0 Å². The lowest BCUT2D eigenvalue weighted by Crippen LogP contribution is -2.26. The van der Waals surface area contributed by atoms with Crippen molar-refractivity contribution in [3.05, 3.63) is 29.3 Å². The molecule has 0 bridgehead atoms. The Bertz CT molecular complexity index is 383. The Labute approximate surface area is 91.3 Å². The summed E-state index contributed by atoms with van der Waals surface area (Å²) in [5, 5.41) is 18.2. The van der Waals surface area contributed by atoms with Gasteiger partial charge in [0, 0.05) is 5.41 Å². The minimum absolute atomic E-state index is 0.0275. The Morgan fingerprint density at radius 3 is 2.12 bits per heavy atom. The number of halogens is 3. The smallest absolute Gasteiger partial charge is 0.416 e. The van der Waals surface area contributed by atoms with Crippen molar-refractivity contribution in [3.63, 3.8) is 0 Å². The second-order valence-electron chi connectivity index (χ2n) is 4.27. The molecule has 90 valence electrons. The minimum atomic E-state index is -4.54. The molecular formula is C11H13F3O2. The average molecular weight is 234 g/mol. The van der Waals surface area contributed by atoms with Crippen LogP contribution in [0.15, 0.2) is 18.2 Å². The van der Waals surface area contributed by atoms with Crippen LogP contribution >= 0.6 is 0 Å². The van der Waals surface area contributed by atoms with Gasteiger partial charge in [0.15, 0.2) is 0 Å². The summed E-state index contributed by atoms with van der Waals surface area (Å²) in [7, 11) is 0. The molecule has 5 heteroatoms.